The molecule has 28 heavy (non-hydrogen) atoms. The number of benzene rings is 2. The molecule has 0 radical (unpaired) electrons. The number of imidazole rings is 1. The van der Waals surface area contributed by atoms with E-state index < -0.39 is 0 Å². The van der Waals surface area contributed by atoms with Crippen molar-refractivity contribution in [2.45, 2.75) is 6.42 Å². The molecule has 0 atom stereocenters. The zero-order valence-electron chi connectivity index (χ0n) is 14.9. The summed E-state index contributed by atoms with van der Waals surface area (Å²) in [5.41, 5.74) is 10.1. The van der Waals surface area contributed by atoms with Crippen LogP contribution in [0.2, 0.25) is 0 Å². The predicted molar refractivity (Wildman–Crippen MR) is 112 cm³/mol. The third-order valence-electron chi connectivity index (χ3n) is 5.88. The van der Waals surface area contributed by atoms with Crippen LogP contribution in [0, 0.1) is 0 Å². The second kappa shape index (κ2) is 4.93. The number of hydrogen-bond acceptors (Lipinski definition) is 3. The minimum atomic E-state index is 0.869. The first kappa shape index (κ1) is 14.3. The Morgan fingerprint density at radius 1 is 0.714 bits per heavy atom. The van der Waals surface area contributed by atoms with Crippen LogP contribution in [-0.2, 0) is 6.42 Å². The first-order valence-electron chi connectivity index (χ1n) is 9.43. The third kappa shape index (κ3) is 1.68. The molecule has 0 spiro atoms. The fraction of sp³-hybridized carbons (Fsp3) is 0.0417. The summed E-state index contributed by atoms with van der Waals surface area (Å²) in [7, 11) is 0. The molecule has 6 aromatic rings. The van der Waals surface area contributed by atoms with Crippen LogP contribution in [0.1, 0.15) is 11.1 Å². The van der Waals surface area contributed by atoms with Gasteiger partial charge in [0.2, 0.25) is 0 Å². The lowest BCUT2D eigenvalue weighted by Crippen LogP contribution is -1.95. The highest BCUT2D eigenvalue weighted by atomic mass is 15.1. The van der Waals surface area contributed by atoms with Crippen LogP contribution in [0.25, 0.3) is 49.7 Å². The van der Waals surface area contributed by atoms with E-state index >= 15 is 0 Å². The Labute approximate surface area is 160 Å². The second-order valence-electron chi connectivity index (χ2n) is 7.38. The molecule has 0 saturated heterocycles. The minimum Gasteiger partial charge on any atom is -0.274 e. The summed E-state index contributed by atoms with van der Waals surface area (Å²) in [6.45, 7) is 0. The molecule has 0 unspecified atom stereocenters. The Morgan fingerprint density at radius 2 is 1.57 bits per heavy atom. The van der Waals surface area contributed by atoms with Gasteiger partial charge in [-0.1, -0.05) is 30.3 Å². The normalized spacial score (nSPS) is 12.9. The maximum Gasteiger partial charge on any atom is 0.166 e. The quantitative estimate of drug-likeness (QED) is 0.352. The van der Waals surface area contributed by atoms with E-state index in [0.29, 0.717) is 0 Å². The lowest BCUT2D eigenvalue weighted by molar-refractivity contribution is 1.21. The number of fused-ring (bicyclic) bond motifs is 11. The standard InChI is InChI=1S/C24H14N4/c1-2-6-16-14(5-1)11-15-12-21-20(13-19(15)16)27-24-22-17(7-3-9-25-22)18-8-4-10-26-23(18)28(21)24/h1-10,12-13H,11H2. The molecule has 4 heterocycles. The van der Waals surface area contributed by atoms with Crippen molar-refractivity contribution in [2.24, 2.45) is 0 Å². The Hall–Kier alpha value is -3.79. The number of nitrogens with zero attached hydrogens (tertiary/aromatic N) is 4. The van der Waals surface area contributed by atoms with E-state index in [9.17, 15) is 0 Å². The largest absolute Gasteiger partial charge is 0.274 e. The molecule has 4 heteroatoms. The van der Waals surface area contributed by atoms with E-state index in [2.05, 4.69) is 57.9 Å². The Kier molecular flexibility index (Phi) is 2.51. The van der Waals surface area contributed by atoms with Gasteiger partial charge in [0.05, 0.1) is 11.0 Å². The van der Waals surface area contributed by atoms with Gasteiger partial charge in [-0.05, 0) is 59.0 Å². The van der Waals surface area contributed by atoms with E-state index in [1.807, 2.05) is 24.5 Å². The van der Waals surface area contributed by atoms with Crippen LogP contribution in [-0.4, -0.2) is 19.4 Å². The number of hydrogen-bond donors (Lipinski definition) is 0. The fourth-order valence-electron chi connectivity index (χ4n) is 4.67. The van der Waals surface area contributed by atoms with E-state index in [1.54, 1.807) is 0 Å². The molecule has 1 aliphatic rings. The maximum atomic E-state index is 5.00. The predicted octanol–water partition coefficient (Wildman–Crippen LogP) is 5.16. The van der Waals surface area contributed by atoms with Gasteiger partial charge >= 0.3 is 0 Å². The molecule has 0 amide bonds. The van der Waals surface area contributed by atoms with Crippen molar-refractivity contribution in [3.63, 3.8) is 0 Å². The molecule has 1 aliphatic carbocycles. The summed E-state index contributed by atoms with van der Waals surface area (Å²) in [6.07, 6.45) is 4.64. The summed E-state index contributed by atoms with van der Waals surface area (Å²) in [5, 5.41) is 2.19. The highest BCUT2D eigenvalue weighted by Crippen LogP contribution is 2.39. The molecule has 0 fully saturated rings. The van der Waals surface area contributed by atoms with Gasteiger partial charge in [0.15, 0.2) is 5.65 Å². The Bertz CT molecular complexity index is 1590. The van der Waals surface area contributed by atoms with Crippen molar-refractivity contribution in [1.82, 2.24) is 19.4 Å². The molecule has 0 saturated carbocycles. The van der Waals surface area contributed by atoms with Crippen LogP contribution in [0.4, 0.5) is 0 Å². The maximum absolute atomic E-state index is 5.00. The summed E-state index contributed by atoms with van der Waals surface area (Å²) in [4.78, 5) is 14.4. The summed E-state index contributed by atoms with van der Waals surface area (Å²) in [6, 6.07) is 21.3. The topological polar surface area (TPSA) is 43.1 Å². The molecule has 0 N–H and O–H groups in total. The number of pyridine rings is 3. The molecule has 0 aliphatic heterocycles. The smallest absolute Gasteiger partial charge is 0.166 e. The molecule has 7 rings (SSSR count). The van der Waals surface area contributed by atoms with Gasteiger partial charge in [0.1, 0.15) is 11.2 Å². The molecular formula is C24H14N4. The fourth-order valence-corrected chi connectivity index (χ4v) is 4.67. The van der Waals surface area contributed by atoms with Gasteiger partial charge < -0.3 is 0 Å². The van der Waals surface area contributed by atoms with E-state index in [0.717, 1.165) is 45.0 Å². The van der Waals surface area contributed by atoms with Gasteiger partial charge in [0, 0.05) is 23.2 Å². The summed E-state index contributed by atoms with van der Waals surface area (Å²) < 4.78 is 2.17. The van der Waals surface area contributed by atoms with Crippen molar-refractivity contribution in [1.29, 1.82) is 0 Å². The van der Waals surface area contributed by atoms with Crippen LogP contribution in [0.5, 0.6) is 0 Å². The van der Waals surface area contributed by atoms with Crippen molar-refractivity contribution in [2.75, 3.05) is 0 Å². The van der Waals surface area contributed by atoms with Crippen molar-refractivity contribution in [3.05, 3.63) is 84.2 Å². The molecule has 4 aromatic heterocycles. The van der Waals surface area contributed by atoms with E-state index in [1.165, 1.54) is 22.3 Å². The zero-order valence-corrected chi connectivity index (χ0v) is 14.9. The van der Waals surface area contributed by atoms with Crippen LogP contribution >= 0.6 is 0 Å². The van der Waals surface area contributed by atoms with E-state index in [-0.39, 0.29) is 0 Å². The molecule has 130 valence electrons. The van der Waals surface area contributed by atoms with E-state index in [4.69, 9.17) is 9.97 Å². The zero-order chi connectivity index (χ0) is 18.2. The van der Waals surface area contributed by atoms with Crippen LogP contribution in [0.3, 0.4) is 0 Å². The third-order valence-corrected chi connectivity index (χ3v) is 5.88. The summed E-state index contributed by atoms with van der Waals surface area (Å²) >= 11 is 0. The average Bonchev–Trinajstić information content (AvgIpc) is 3.30. The van der Waals surface area contributed by atoms with Gasteiger partial charge in [-0.15, -0.1) is 0 Å². The van der Waals surface area contributed by atoms with Crippen molar-refractivity contribution < 1.29 is 0 Å². The Balaban J connectivity index is 1.70. The lowest BCUT2D eigenvalue weighted by atomic mass is 10.1. The molecular weight excluding hydrogens is 344 g/mol. The SMILES string of the molecule is c1ccc2c(c1)Cc1cc3c(cc1-2)nc1c2ncccc2c2cccnc2n31. The number of aromatic nitrogens is 4. The first-order chi connectivity index (χ1) is 13.9. The van der Waals surface area contributed by atoms with Gasteiger partial charge in [-0.2, -0.15) is 0 Å². The van der Waals surface area contributed by atoms with Gasteiger partial charge in [0.25, 0.3) is 0 Å². The second-order valence-corrected chi connectivity index (χ2v) is 7.38. The number of rotatable bonds is 0. The molecule has 2 aromatic carbocycles. The van der Waals surface area contributed by atoms with Crippen molar-refractivity contribution >= 4 is 38.6 Å². The minimum absolute atomic E-state index is 0.869. The molecule has 4 nitrogen and oxygen atoms in total. The van der Waals surface area contributed by atoms with Crippen LogP contribution < -0.4 is 0 Å². The van der Waals surface area contributed by atoms with Gasteiger partial charge in [-0.3, -0.25) is 9.38 Å². The van der Waals surface area contributed by atoms with Crippen molar-refractivity contribution in [3.8, 4) is 11.1 Å². The monoisotopic (exact) mass is 358 g/mol. The summed E-state index contributed by atoms with van der Waals surface area (Å²) in [5.74, 6) is 0. The highest BCUT2D eigenvalue weighted by Gasteiger charge is 2.22. The van der Waals surface area contributed by atoms with Crippen LogP contribution in [0.15, 0.2) is 73.1 Å². The molecule has 0 bridgehead atoms. The lowest BCUT2D eigenvalue weighted by Gasteiger charge is -2.07. The Morgan fingerprint density at radius 3 is 2.54 bits per heavy atom. The first-order valence-corrected chi connectivity index (χ1v) is 9.43. The highest BCUT2D eigenvalue weighted by molar-refractivity contribution is 6.11. The average molecular weight is 358 g/mol. The van der Waals surface area contributed by atoms with Gasteiger partial charge in [-0.25, -0.2) is 9.97 Å².